The molecule has 6 nitrogen and oxygen atoms in total. The molecule has 0 heterocycles. The van der Waals surface area contributed by atoms with Gasteiger partial charge in [0, 0.05) is 31.5 Å². The molecule has 1 aromatic carbocycles. The number of methoxy groups -OCH3 is 1. The van der Waals surface area contributed by atoms with Crippen LogP contribution in [0, 0.1) is 10.1 Å². The summed E-state index contributed by atoms with van der Waals surface area (Å²) in [5.74, 6) is 0.479. The SMILES string of the molecule is COC(C)(C)CNc1cc(OC(C)C)cc([N+](=O)[O-])c1. The van der Waals surface area contributed by atoms with Crippen LogP contribution in [0.15, 0.2) is 18.2 Å². The van der Waals surface area contributed by atoms with E-state index in [9.17, 15) is 10.1 Å². The molecule has 112 valence electrons. The second-order valence-corrected chi connectivity index (χ2v) is 5.46. The average Bonchev–Trinajstić information content (AvgIpc) is 2.35. The Morgan fingerprint density at radius 1 is 1.35 bits per heavy atom. The van der Waals surface area contributed by atoms with Crippen LogP contribution in [-0.2, 0) is 4.74 Å². The molecular formula is C14H22N2O4. The summed E-state index contributed by atoms with van der Waals surface area (Å²) in [6.45, 7) is 8.15. The van der Waals surface area contributed by atoms with E-state index in [1.54, 1.807) is 13.2 Å². The average molecular weight is 282 g/mol. The zero-order chi connectivity index (χ0) is 15.3. The van der Waals surface area contributed by atoms with Crippen molar-refractivity contribution < 1.29 is 14.4 Å². The third-order valence-electron chi connectivity index (χ3n) is 2.74. The number of nitro benzene ring substituents is 1. The van der Waals surface area contributed by atoms with Crippen molar-refractivity contribution in [1.29, 1.82) is 0 Å². The van der Waals surface area contributed by atoms with E-state index in [-0.39, 0.29) is 17.4 Å². The first-order valence-corrected chi connectivity index (χ1v) is 6.48. The van der Waals surface area contributed by atoms with E-state index < -0.39 is 4.92 Å². The third-order valence-corrected chi connectivity index (χ3v) is 2.74. The Bertz CT molecular complexity index is 472. The Morgan fingerprint density at radius 3 is 2.50 bits per heavy atom. The largest absolute Gasteiger partial charge is 0.491 e. The fraction of sp³-hybridized carbons (Fsp3) is 0.571. The first-order valence-electron chi connectivity index (χ1n) is 6.48. The number of nitrogens with zero attached hydrogens (tertiary/aromatic N) is 1. The van der Waals surface area contributed by atoms with Crippen LogP contribution < -0.4 is 10.1 Å². The lowest BCUT2D eigenvalue weighted by molar-refractivity contribution is -0.384. The maximum atomic E-state index is 10.9. The molecule has 0 bridgehead atoms. The van der Waals surface area contributed by atoms with Crippen molar-refractivity contribution >= 4 is 11.4 Å². The molecule has 0 amide bonds. The van der Waals surface area contributed by atoms with Crippen LogP contribution in [-0.4, -0.2) is 30.3 Å². The zero-order valence-corrected chi connectivity index (χ0v) is 12.6. The molecule has 0 saturated heterocycles. The lowest BCUT2D eigenvalue weighted by Crippen LogP contribution is -2.32. The summed E-state index contributed by atoms with van der Waals surface area (Å²) in [6.07, 6.45) is -0.0414. The topological polar surface area (TPSA) is 73.6 Å². The van der Waals surface area contributed by atoms with E-state index in [1.807, 2.05) is 27.7 Å². The summed E-state index contributed by atoms with van der Waals surface area (Å²) >= 11 is 0. The summed E-state index contributed by atoms with van der Waals surface area (Å²) in [6, 6.07) is 4.66. The van der Waals surface area contributed by atoms with E-state index in [4.69, 9.17) is 9.47 Å². The van der Waals surface area contributed by atoms with E-state index in [2.05, 4.69) is 5.32 Å². The second kappa shape index (κ2) is 6.56. The quantitative estimate of drug-likeness (QED) is 0.614. The van der Waals surface area contributed by atoms with Gasteiger partial charge in [0.1, 0.15) is 5.75 Å². The van der Waals surface area contributed by atoms with Crippen molar-refractivity contribution in [3.63, 3.8) is 0 Å². The molecule has 0 atom stereocenters. The number of hydrogen-bond acceptors (Lipinski definition) is 5. The minimum Gasteiger partial charge on any atom is -0.491 e. The number of non-ortho nitro benzene ring substituents is 1. The summed E-state index contributed by atoms with van der Waals surface area (Å²) in [5.41, 5.74) is 0.282. The first kappa shape index (κ1) is 16.2. The van der Waals surface area contributed by atoms with Gasteiger partial charge in [0.05, 0.1) is 22.7 Å². The smallest absolute Gasteiger partial charge is 0.275 e. The van der Waals surface area contributed by atoms with E-state index in [0.717, 1.165) is 0 Å². The molecule has 1 rings (SSSR count). The summed E-state index contributed by atoms with van der Waals surface area (Å²) in [5, 5.41) is 14.1. The standard InChI is InChI=1S/C14H22N2O4/c1-10(2)20-13-7-11(6-12(8-13)16(17)18)15-9-14(3,4)19-5/h6-8,10,15H,9H2,1-5H3. The van der Waals surface area contributed by atoms with Crippen LogP contribution in [0.3, 0.4) is 0 Å². The van der Waals surface area contributed by atoms with E-state index in [1.165, 1.54) is 12.1 Å². The van der Waals surface area contributed by atoms with Gasteiger partial charge in [0.15, 0.2) is 0 Å². The van der Waals surface area contributed by atoms with Gasteiger partial charge in [-0.25, -0.2) is 0 Å². The number of nitrogens with one attached hydrogen (secondary N) is 1. The van der Waals surface area contributed by atoms with Gasteiger partial charge < -0.3 is 14.8 Å². The van der Waals surface area contributed by atoms with Crippen molar-refractivity contribution in [2.24, 2.45) is 0 Å². The van der Waals surface area contributed by atoms with Crippen molar-refractivity contribution in [2.45, 2.75) is 39.4 Å². The highest BCUT2D eigenvalue weighted by molar-refractivity contribution is 5.56. The third kappa shape index (κ3) is 5.05. The Hall–Kier alpha value is -1.82. The molecule has 0 unspecified atom stereocenters. The van der Waals surface area contributed by atoms with Crippen LogP contribution in [0.2, 0.25) is 0 Å². The van der Waals surface area contributed by atoms with Crippen LogP contribution in [0.4, 0.5) is 11.4 Å². The number of rotatable bonds is 7. The fourth-order valence-corrected chi connectivity index (χ4v) is 1.52. The van der Waals surface area contributed by atoms with Crippen LogP contribution in [0.5, 0.6) is 5.75 Å². The molecule has 0 aliphatic carbocycles. The van der Waals surface area contributed by atoms with Gasteiger partial charge in [-0.1, -0.05) is 0 Å². The van der Waals surface area contributed by atoms with Gasteiger partial charge in [-0.2, -0.15) is 0 Å². The predicted octanol–water partition coefficient (Wildman–Crippen LogP) is 3.22. The molecular weight excluding hydrogens is 260 g/mol. The Morgan fingerprint density at radius 2 is 2.00 bits per heavy atom. The Labute approximate surface area is 119 Å². The molecule has 1 N–H and O–H groups in total. The number of hydrogen-bond donors (Lipinski definition) is 1. The second-order valence-electron chi connectivity index (χ2n) is 5.46. The van der Waals surface area contributed by atoms with Gasteiger partial charge >= 0.3 is 0 Å². The molecule has 1 aromatic rings. The molecule has 0 saturated carbocycles. The van der Waals surface area contributed by atoms with Crippen molar-refractivity contribution in [3.8, 4) is 5.75 Å². The van der Waals surface area contributed by atoms with Crippen molar-refractivity contribution in [1.82, 2.24) is 0 Å². The van der Waals surface area contributed by atoms with Gasteiger partial charge in [0.2, 0.25) is 0 Å². The Balaban J connectivity index is 2.94. The van der Waals surface area contributed by atoms with Crippen molar-refractivity contribution in [2.75, 3.05) is 19.0 Å². The highest BCUT2D eigenvalue weighted by Gasteiger charge is 2.17. The number of benzene rings is 1. The zero-order valence-electron chi connectivity index (χ0n) is 12.6. The molecule has 0 aliphatic heterocycles. The van der Waals surface area contributed by atoms with Crippen LogP contribution in [0.25, 0.3) is 0 Å². The number of nitro groups is 1. The molecule has 0 spiro atoms. The molecule has 0 radical (unpaired) electrons. The van der Waals surface area contributed by atoms with Crippen LogP contribution in [0.1, 0.15) is 27.7 Å². The van der Waals surface area contributed by atoms with Gasteiger partial charge in [0.25, 0.3) is 5.69 Å². The minimum atomic E-state index is -0.431. The van der Waals surface area contributed by atoms with Gasteiger partial charge in [-0.3, -0.25) is 10.1 Å². The molecule has 20 heavy (non-hydrogen) atoms. The van der Waals surface area contributed by atoms with Gasteiger partial charge in [-0.05, 0) is 27.7 Å². The lowest BCUT2D eigenvalue weighted by Gasteiger charge is -2.24. The maximum Gasteiger partial charge on any atom is 0.275 e. The van der Waals surface area contributed by atoms with E-state index >= 15 is 0 Å². The lowest BCUT2D eigenvalue weighted by atomic mass is 10.1. The predicted molar refractivity (Wildman–Crippen MR) is 78.4 cm³/mol. The normalized spacial score (nSPS) is 11.5. The summed E-state index contributed by atoms with van der Waals surface area (Å²) in [7, 11) is 1.63. The highest BCUT2D eigenvalue weighted by atomic mass is 16.6. The summed E-state index contributed by atoms with van der Waals surface area (Å²) in [4.78, 5) is 10.5. The van der Waals surface area contributed by atoms with E-state index in [0.29, 0.717) is 18.0 Å². The number of anilines is 1. The molecule has 0 aromatic heterocycles. The fourth-order valence-electron chi connectivity index (χ4n) is 1.52. The Kier molecular flexibility index (Phi) is 5.33. The number of ether oxygens (including phenoxy) is 2. The first-order chi connectivity index (χ1) is 9.23. The molecule has 0 aliphatic rings. The maximum absolute atomic E-state index is 10.9. The van der Waals surface area contributed by atoms with Crippen LogP contribution >= 0.6 is 0 Å². The molecule has 0 fully saturated rings. The monoisotopic (exact) mass is 282 g/mol. The van der Waals surface area contributed by atoms with Crippen molar-refractivity contribution in [3.05, 3.63) is 28.3 Å². The highest BCUT2D eigenvalue weighted by Crippen LogP contribution is 2.27. The summed E-state index contributed by atoms with van der Waals surface area (Å²) < 4.78 is 10.8. The van der Waals surface area contributed by atoms with Gasteiger partial charge in [-0.15, -0.1) is 0 Å². The minimum absolute atomic E-state index is 0.000808. The molecule has 6 heteroatoms.